The summed E-state index contributed by atoms with van der Waals surface area (Å²) in [5, 5.41) is 0. The smallest absolute Gasteiger partial charge is 0.209 e. The van der Waals surface area contributed by atoms with E-state index >= 15 is 0 Å². The largest absolute Gasteiger partial charge is 0.282 e. The van der Waals surface area contributed by atoms with E-state index in [1.165, 1.54) is 0 Å². The molecular weight excluding hydrogens is 258 g/mol. The van der Waals surface area contributed by atoms with Crippen molar-refractivity contribution < 1.29 is 29.5 Å². The zero-order chi connectivity index (χ0) is 11.8. The van der Waals surface area contributed by atoms with Crippen molar-refractivity contribution in [3.05, 3.63) is 0 Å². The maximum Gasteiger partial charge on any atom is 0.282 e. The van der Waals surface area contributed by atoms with Crippen LogP contribution in [0.3, 0.4) is 0 Å². The van der Waals surface area contributed by atoms with Gasteiger partial charge in [0.1, 0.15) is 0 Å². The van der Waals surface area contributed by atoms with Gasteiger partial charge in [-0.1, -0.05) is 0 Å². The van der Waals surface area contributed by atoms with Gasteiger partial charge in [0.25, 0.3) is 10.1 Å². The van der Waals surface area contributed by atoms with Gasteiger partial charge in [0.15, 0.2) is 0 Å². The number of hydrogen-bond acceptors (Lipinski definition) is 7. The van der Waals surface area contributed by atoms with Crippen molar-refractivity contribution in [1.82, 2.24) is 3.87 Å². The highest BCUT2D eigenvalue weighted by molar-refractivity contribution is 8.03. The lowest BCUT2D eigenvalue weighted by atomic mass is 12.0. The molecule has 11 heteroatoms. The van der Waals surface area contributed by atoms with E-state index in [2.05, 4.69) is 4.28 Å². The maximum atomic E-state index is 10.8. The second-order valence-electron chi connectivity index (χ2n) is 2.47. The lowest BCUT2D eigenvalue weighted by Gasteiger charge is -2.14. The highest BCUT2D eigenvalue weighted by atomic mass is 32.3. The standard InChI is InChI=1S/C3H9NO7S3/c1-12(5,6)4(13(2,7)8)11-14(3,9)10/h1-3H3. The molecule has 0 aromatic carbocycles. The zero-order valence-electron chi connectivity index (χ0n) is 7.53. The highest BCUT2D eigenvalue weighted by Gasteiger charge is 2.32. The molecule has 0 spiro atoms. The minimum absolute atomic E-state index is 0.499. The predicted molar refractivity (Wildman–Crippen MR) is 47.5 cm³/mol. The van der Waals surface area contributed by atoms with E-state index in [1.54, 1.807) is 0 Å². The SMILES string of the molecule is CS(=O)(=O)ON(S(C)(=O)=O)S(C)(=O)=O. The van der Waals surface area contributed by atoms with Gasteiger partial charge in [-0.25, -0.2) is 16.8 Å². The average molecular weight is 267 g/mol. The fourth-order valence-electron chi connectivity index (χ4n) is 0.467. The van der Waals surface area contributed by atoms with Gasteiger partial charge >= 0.3 is 0 Å². The van der Waals surface area contributed by atoms with Crippen LogP contribution in [-0.4, -0.2) is 47.9 Å². The molecule has 0 aliphatic rings. The molecule has 0 heterocycles. The third-order valence-corrected chi connectivity index (χ3v) is 4.20. The topological polar surface area (TPSA) is 115 Å². The minimum Gasteiger partial charge on any atom is -0.209 e. The van der Waals surface area contributed by atoms with E-state index in [4.69, 9.17) is 0 Å². The summed E-state index contributed by atoms with van der Waals surface area (Å²) in [5.74, 6) is 0. The Morgan fingerprint density at radius 1 is 0.786 bits per heavy atom. The molecule has 0 atom stereocenters. The van der Waals surface area contributed by atoms with Crippen LogP contribution in [0.25, 0.3) is 0 Å². The summed E-state index contributed by atoms with van der Waals surface area (Å²) in [4.78, 5) is 0. The van der Waals surface area contributed by atoms with Gasteiger partial charge in [0.05, 0.1) is 18.8 Å². The summed E-state index contributed by atoms with van der Waals surface area (Å²) in [6.07, 6.45) is 1.52. The Morgan fingerprint density at radius 3 is 1.14 bits per heavy atom. The van der Waals surface area contributed by atoms with Gasteiger partial charge in [0, 0.05) is 3.87 Å². The third-order valence-electron chi connectivity index (χ3n) is 0.738. The molecular formula is C3H9NO7S3. The van der Waals surface area contributed by atoms with E-state index in [9.17, 15) is 25.3 Å². The van der Waals surface area contributed by atoms with E-state index in [0.717, 1.165) is 0 Å². The van der Waals surface area contributed by atoms with Crippen LogP contribution in [0.15, 0.2) is 0 Å². The molecule has 0 radical (unpaired) electrons. The lowest BCUT2D eigenvalue weighted by molar-refractivity contribution is 0.139. The third kappa shape index (κ3) is 4.85. The Balaban J connectivity index is 5.41. The summed E-state index contributed by atoms with van der Waals surface area (Å²) in [7, 11) is -12.8. The van der Waals surface area contributed by atoms with Crippen LogP contribution in [0.4, 0.5) is 0 Å². The van der Waals surface area contributed by atoms with Crippen LogP contribution in [-0.2, 0) is 34.4 Å². The van der Waals surface area contributed by atoms with E-state index in [0.29, 0.717) is 18.8 Å². The summed E-state index contributed by atoms with van der Waals surface area (Å²) >= 11 is 0. The summed E-state index contributed by atoms with van der Waals surface area (Å²) < 4.78 is 67.6. The molecule has 0 aromatic rings. The van der Waals surface area contributed by atoms with Gasteiger partial charge in [-0.2, -0.15) is 8.42 Å². The molecule has 86 valence electrons. The van der Waals surface area contributed by atoms with E-state index in [1.807, 2.05) is 0 Å². The predicted octanol–water partition coefficient (Wildman–Crippen LogP) is -1.90. The molecule has 14 heavy (non-hydrogen) atoms. The molecule has 0 saturated carbocycles. The van der Waals surface area contributed by atoms with Crippen LogP contribution in [0.5, 0.6) is 0 Å². The van der Waals surface area contributed by atoms with Gasteiger partial charge in [-0.3, -0.25) is 0 Å². The fourth-order valence-corrected chi connectivity index (χ4v) is 4.20. The molecule has 0 rings (SSSR count). The molecule has 0 aliphatic carbocycles. The number of rotatable bonds is 4. The zero-order valence-corrected chi connectivity index (χ0v) is 9.98. The Kier molecular flexibility index (Phi) is 3.67. The van der Waals surface area contributed by atoms with Crippen molar-refractivity contribution in [3.8, 4) is 0 Å². The minimum atomic E-state index is -4.31. The van der Waals surface area contributed by atoms with Gasteiger partial charge < -0.3 is 0 Å². The Hall–Kier alpha value is -0.230. The number of sulfonamides is 2. The average Bonchev–Trinajstić information content (AvgIpc) is 1.75. The Labute approximate surface area is 82.7 Å². The molecule has 0 aromatic heterocycles. The molecule has 0 bridgehead atoms. The molecule has 0 aliphatic heterocycles. The van der Waals surface area contributed by atoms with Crippen LogP contribution in [0.1, 0.15) is 0 Å². The van der Waals surface area contributed by atoms with Gasteiger partial charge in [-0.15, -0.1) is 4.28 Å². The van der Waals surface area contributed by atoms with Gasteiger partial charge in [-0.05, 0) is 0 Å². The first kappa shape index (κ1) is 13.8. The number of nitrogens with zero attached hydrogens (tertiary/aromatic N) is 1. The lowest BCUT2D eigenvalue weighted by Crippen LogP contribution is -2.37. The van der Waals surface area contributed by atoms with Crippen LogP contribution in [0.2, 0.25) is 0 Å². The molecule has 8 nitrogen and oxygen atoms in total. The maximum absolute atomic E-state index is 10.8. The van der Waals surface area contributed by atoms with Crippen molar-refractivity contribution in [2.45, 2.75) is 0 Å². The van der Waals surface area contributed by atoms with Gasteiger partial charge in [0.2, 0.25) is 20.0 Å². The molecule has 0 N–H and O–H groups in total. The summed E-state index contributed by atoms with van der Waals surface area (Å²) in [6, 6.07) is 0. The molecule has 0 fully saturated rings. The summed E-state index contributed by atoms with van der Waals surface area (Å²) in [5.41, 5.74) is 0. The van der Waals surface area contributed by atoms with Crippen molar-refractivity contribution >= 4 is 30.2 Å². The highest BCUT2D eigenvalue weighted by Crippen LogP contribution is 2.08. The quantitative estimate of drug-likeness (QED) is 0.546. The van der Waals surface area contributed by atoms with Crippen molar-refractivity contribution in [1.29, 1.82) is 0 Å². The number of hydrogen-bond donors (Lipinski definition) is 0. The first-order valence-corrected chi connectivity index (χ1v) is 8.45. The second-order valence-corrected chi connectivity index (χ2v) is 7.85. The fraction of sp³-hybridized carbons (Fsp3) is 1.00. The Morgan fingerprint density at radius 2 is 1.07 bits per heavy atom. The van der Waals surface area contributed by atoms with Crippen LogP contribution >= 0.6 is 0 Å². The van der Waals surface area contributed by atoms with Crippen LogP contribution in [0, 0.1) is 0 Å². The monoisotopic (exact) mass is 267 g/mol. The summed E-state index contributed by atoms with van der Waals surface area (Å²) in [6.45, 7) is 0. The van der Waals surface area contributed by atoms with Crippen molar-refractivity contribution in [2.24, 2.45) is 0 Å². The normalized spacial score (nSPS) is 14.6. The van der Waals surface area contributed by atoms with E-state index in [-0.39, 0.29) is 0 Å². The molecule has 0 saturated heterocycles. The van der Waals surface area contributed by atoms with Crippen molar-refractivity contribution in [2.75, 3.05) is 18.8 Å². The second kappa shape index (κ2) is 3.73. The van der Waals surface area contributed by atoms with Crippen LogP contribution < -0.4 is 0 Å². The Bertz CT molecular complexity index is 464. The first-order valence-electron chi connectivity index (χ1n) is 2.94. The van der Waals surface area contributed by atoms with Crippen molar-refractivity contribution in [3.63, 3.8) is 0 Å². The first-order chi connectivity index (χ1) is 5.84. The van der Waals surface area contributed by atoms with E-state index < -0.39 is 34.0 Å². The molecule has 0 unspecified atom stereocenters. The molecule has 0 amide bonds.